The Bertz CT molecular complexity index is 448. The van der Waals surface area contributed by atoms with E-state index in [4.69, 9.17) is 34.8 Å². The largest absolute Gasteiger partial charge is 0.320 e. The smallest absolute Gasteiger partial charge is 0.268 e. The fraction of sp³-hybridized carbons (Fsp3) is 0.231. The zero-order valence-corrected chi connectivity index (χ0v) is 11.4. The standard InChI is InChI=1S/C13H12Cl3N/c1-2-5-11-9-8-10-6-3-4-7-12(10)17(11)13(14,15)16/h2-4,6-9,11H,1,5H2. The maximum Gasteiger partial charge on any atom is 0.268 e. The summed E-state index contributed by atoms with van der Waals surface area (Å²) in [5, 5.41) is 0. The molecule has 0 saturated heterocycles. The Labute approximate surface area is 116 Å². The monoisotopic (exact) mass is 287 g/mol. The molecule has 1 heterocycles. The Morgan fingerprint density at radius 1 is 1.29 bits per heavy atom. The van der Waals surface area contributed by atoms with Gasteiger partial charge in [-0.15, -0.1) is 6.58 Å². The number of hydrogen-bond donors (Lipinski definition) is 0. The van der Waals surface area contributed by atoms with Crippen LogP contribution in [0, 0.1) is 0 Å². The fourth-order valence-corrected chi connectivity index (χ4v) is 2.66. The summed E-state index contributed by atoms with van der Waals surface area (Å²) in [6.07, 6.45) is 6.65. The van der Waals surface area contributed by atoms with E-state index in [-0.39, 0.29) is 6.04 Å². The van der Waals surface area contributed by atoms with Crippen molar-refractivity contribution in [3.8, 4) is 0 Å². The Kier molecular flexibility index (Phi) is 3.72. The van der Waals surface area contributed by atoms with E-state index in [2.05, 4.69) is 12.7 Å². The van der Waals surface area contributed by atoms with Crippen molar-refractivity contribution in [2.45, 2.75) is 16.4 Å². The lowest BCUT2D eigenvalue weighted by atomic mass is 10.0. The van der Waals surface area contributed by atoms with Gasteiger partial charge in [0.2, 0.25) is 0 Å². The molecule has 2 rings (SSSR count). The van der Waals surface area contributed by atoms with Gasteiger partial charge in [-0.2, -0.15) is 0 Å². The number of para-hydroxylation sites is 1. The van der Waals surface area contributed by atoms with E-state index >= 15 is 0 Å². The van der Waals surface area contributed by atoms with Gasteiger partial charge in [0.25, 0.3) is 3.92 Å². The van der Waals surface area contributed by atoms with E-state index in [1.807, 2.05) is 36.4 Å². The SMILES string of the molecule is C=CCC1C=Cc2ccccc2N1C(Cl)(Cl)Cl. The first-order chi connectivity index (χ1) is 8.04. The van der Waals surface area contributed by atoms with Crippen LogP contribution in [0.3, 0.4) is 0 Å². The Morgan fingerprint density at radius 3 is 2.65 bits per heavy atom. The summed E-state index contributed by atoms with van der Waals surface area (Å²) in [6.45, 7) is 3.74. The molecule has 17 heavy (non-hydrogen) atoms. The summed E-state index contributed by atoms with van der Waals surface area (Å²) in [5.41, 5.74) is 1.99. The van der Waals surface area contributed by atoms with Crippen LogP contribution in [0.15, 0.2) is 43.0 Å². The second kappa shape index (κ2) is 4.93. The topological polar surface area (TPSA) is 3.24 Å². The predicted octanol–water partition coefficient (Wildman–Crippen LogP) is 4.79. The first-order valence-corrected chi connectivity index (χ1v) is 6.41. The average molecular weight is 289 g/mol. The van der Waals surface area contributed by atoms with Crippen LogP contribution in [0.2, 0.25) is 0 Å². The normalized spacial score (nSPS) is 19.0. The lowest BCUT2D eigenvalue weighted by molar-refractivity contribution is 0.701. The quantitative estimate of drug-likeness (QED) is 0.429. The van der Waals surface area contributed by atoms with Gasteiger partial charge in [0.05, 0.1) is 6.04 Å². The highest BCUT2D eigenvalue weighted by molar-refractivity contribution is 6.68. The van der Waals surface area contributed by atoms with Crippen LogP contribution in [-0.4, -0.2) is 9.96 Å². The molecule has 4 heteroatoms. The van der Waals surface area contributed by atoms with Gasteiger partial charge in [-0.3, -0.25) is 0 Å². The number of anilines is 1. The molecule has 1 aromatic carbocycles. The molecule has 1 unspecified atom stereocenters. The fourth-order valence-electron chi connectivity index (χ4n) is 2.01. The molecule has 0 fully saturated rings. The third-order valence-corrected chi connectivity index (χ3v) is 3.25. The zero-order valence-electron chi connectivity index (χ0n) is 9.11. The van der Waals surface area contributed by atoms with Crippen molar-refractivity contribution in [1.82, 2.24) is 0 Å². The van der Waals surface area contributed by atoms with Gasteiger partial charge >= 0.3 is 0 Å². The molecule has 0 spiro atoms. The van der Waals surface area contributed by atoms with Gasteiger partial charge in [0.15, 0.2) is 0 Å². The zero-order chi connectivity index (χ0) is 12.5. The summed E-state index contributed by atoms with van der Waals surface area (Å²) in [5.74, 6) is 0. The van der Waals surface area contributed by atoms with E-state index in [1.165, 1.54) is 0 Å². The summed E-state index contributed by atoms with van der Waals surface area (Å²) < 4.78 is -1.46. The Hall–Kier alpha value is -0.630. The van der Waals surface area contributed by atoms with Gasteiger partial charge in [0.1, 0.15) is 0 Å². The first kappa shape index (κ1) is 12.8. The highest BCUT2D eigenvalue weighted by Crippen LogP contribution is 2.42. The third kappa shape index (κ3) is 2.62. The maximum absolute atomic E-state index is 6.06. The van der Waals surface area contributed by atoms with Gasteiger partial charge in [-0.1, -0.05) is 71.2 Å². The Balaban J connectivity index is 2.48. The van der Waals surface area contributed by atoms with Crippen LogP contribution < -0.4 is 4.90 Å². The summed E-state index contributed by atoms with van der Waals surface area (Å²) in [7, 11) is 0. The van der Waals surface area contributed by atoms with Crippen molar-refractivity contribution in [3.05, 3.63) is 48.6 Å². The minimum atomic E-state index is -1.46. The molecule has 0 amide bonds. The average Bonchev–Trinajstić information content (AvgIpc) is 2.27. The van der Waals surface area contributed by atoms with Crippen molar-refractivity contribution in [2.24, 2.45) is 0 Å². The van der Waals surface area contributed by atoms with E-state index in [0.717, 1.165) is 17.7 Å². The number of rotatable bonds is 2. The van der Waals surface area contributed by atoms with Crippen LogP contribution in [0.5, 0.6) is 0 Å². The van der Waals surface area contributed by atoms with E-state index in [9.17, 15) is 0 Å². The van der Waals surface area contributed by atoms with Crippen molar-refractivity contribution < 1.29 is 0 Å². The molecule has 1 aliphatic heterocycles. The van der Waals surface area contributed by atoms with Gasteiger partial charge in [0, 0.05) is 5.69 Å². The van der Waals surface area contributed by atoms with Gasteiger partial charge < -0.3 is 4.90 Å². The van der Waals surface area contributed by atoms with E-state index < -0.39 is 3.92 Å². The van der Waals surface area contributed by atoms with Crippen molar-refractivity contribution in [1.29, 1.82) is 0 Å². The number of fused-ring (bicyclic) bond motifs is 1. The minimum absolute atomic E-state index is 0.0231. The molecular weight excluding hydrogens is 277 g/mol. The number of nitrogens with zero attached hydrogens (tertiary/aromatic N) is 1. The summed E-state index contributed by atoms with van der Waals surface area (Å²) >= 11 is 18.2. The minimum Gasteiger partial charge on any atom is -0.320 e. The Morgan fingerprint density at radius 2 is 2.00 bits per heavy atom. The van der Waals surface area contributed by atoms with E-state index in [0.29, 0.717) is 0 Å². The molecule has 1 aromatic rings. The molecule has 0 N–H and O–H groups in total. The van der Waals surface area contributed by atoms with Crippen molar-refractivity contribution in [3.63, 3.8) is 0 Å². The highest BCUT2D eigenvalue weighted by atomic mass is 35.6. The third-order valence-electron chi connectivity index (χ3n) is 2.71. The number of halogens is 3. The van der Waals surface area contributed by atoms with Crippen LogP contribution >= 0.6 is 34.8 Å². The summed E-state index contributed by atoms with van der Waals surface area (Å²) in [6, 6.07) is 7.88. The highest BCUT2D eigenvalue weighted by Gasteiger charge is 2.36. The molecule has 0 radical (unpaired) electrons. The molecule has 0 aliphatic carbocycles. The van der Waals surface area contributed by atoms with Gasteiger partial charge in [-0.25, -0.2) is 0 Å². The lowest BCUT2D eigenvalue weighted by Gasteiger charge is -2.40. The molecule has 1 aliphatic rings. The molecule has 1 atom stereocenters. The molecule has 0 aromatic heterocycles. The molecule has 90 valence electrons. The number of benzene rings is 1. The van der Waals surface area contributed by atoms with Crippen molar-refractivity contribution >= 4 is 46.6 Å². The predicted molar refractivity (Wildman–Crippen MR) is 76.8 cm³/mol. The number of hydrogen-bond acceptors (Lipinski definition) is 1. The molecule has 0 bridgehead atoms. The molecular formula is C13H12Cl3N. The molecule has 1 nitrogen and oxygen atoms in total. The maximum atomic E-state index is 6.06. The molecule has 0 saturated carbocycles. The van der Waals surface area contributed by atoms with Gasteiger partial charge in [-0.05, 0) is 18.1 Å². The van der Waals surface area contributed by atoms with Crippen LogP contribution in [-0.2, 0) is 0 Å². The van der Waals surface area contributed by atoms with E-state index in [1.54, 1.807) is 4.90 Å². The number of alkyl halides is 3. The van der Waals surface area contributed by atoms with Crippen LogP contribution in [0.1, 0.15) is 12.0 Å². The van der Waals surface area contributed by atoms with Crippen LogP contribution in [0.25, 0.3) is 6.08 Å². The van der Waals surface area contributed by atoms with Crippen LogP contribution in [0.4, 0.5) is 5.69 Å². The lowest BCUT2D eigenvalue weighted by Crippen LogP contribution is -2.44. The second-order valence-corrected chi connectivity index (χ2v) is 6.07. The second-order valence-electron chi connectivity index (χ2n) is 3.85. The first-order valence-electron chi connectivity index (χ1n) is 5.28. The van der Waals surface area contributed by atoms with Crippen molar-refractivity contribution in [2.75, 3.05) is 4.90 Å². The summed E-state index contributed by atoms with van der Waals surface area (Å²) in [4.78, 5) is 1.79.